The van der Waals surface area contributed by atoms with Crippen LogP contribution in [0.15, 0.2) is 18.2 Å². The minimum absolute atomic E-state index is 0.704. The number of methoxy groups -OCH3 is 2. The van der Waals surface area contributed by atoms with Crippen LogP contribution in [-0.2, 0) is 6.42 Å². The number of hydrogen-bond acceptors (Lipinski definition) is 4. The van der Waals surface area contributed by atoms with Crippen molar-refractivity contribution in [1.82, 2.24) is 5.32 Å². The van der Waals surface area contributed by atoms with Gasteiger partial charge in [-0.2, -0.15) is 11.8 Å². The highest BCUT2D eigenvalue weighted by atomic mass is 32.2. The van der Waals surface area contributed by atoms with E-state index in [0.717, 1.165) is 24.5 Å². The molecule has 2 rings (SSSR count). The first-order valence-electron chi connectivity index (χ1n) is 6.35. The molecule has 0 bridgehead atoms. The van der Waals surface area contributed by atoms with Crippen LogP contribution in [0.3, 0.4) is 0 Å². The molecule has 0 amide bonds. The summed E-state index contributed by atoms with van der Waals surface area (Å²) in [5.74, 6) is 4.16. The molecular weight excluding hydrogens is 246 g/mol. The Kier molecular flexibility index (Phi) is 5.20. The summed E-state index contributed by atoms with van der Waals surface area (Å²) in [6.45, 7) is 1.03. The van der Waals surface area contributed by atoms with Crippen LogP contribution in [0, 0.1) is 0 Å². The van der Waals surface area contributed by atoms with Crippen molar-refractivity contribution >= 4 is 11.8 Å². The molecule has 0 saturated carbocycles. The van der Waals surface area contributed by atoms with Crippen molar-refractivity contribution in [2.45, 2.75) is 18.9 Å². The average Bonchev–Trinajstić information content (AvgIpc) is 2.91. The van der Waals surface area contributed by atoms with Gasteiger partial charge in [-0.3, -0.25) is 0 Å². The summed E-state index contributed by atoms with van der Waals surface area (Å²) in [6.07, 6.45) is 2.33. The second-order valence-electron chi connectivity index (χ2n) is 4.45. The first kappa shape index (κ1) is 13.6. The van der Waals surface area contributed by atoms with Crippen molar-refractivity contribution < 1.29 is 9.47 Å². The third kappa shape index (κ3) is 3.56. The zero-order valence-corrected chi connectivity index (χ0v) is 11.9. The molecule has 4 heteroatoms. The van der Waals surface area contributed by atoms with E-state index in [2.05, 4.69) is 17.4 Å². The standard InChI is InChI=1S/C14H21NO2S/c1-16-13-4-3-11(9-14(13)17-2)5-7-15-12-6-8-18-10-12/h3-4,9,12,15H,5-8,10H2,1-2H3/t12-/m0/s1. The molecule has 18 heavy (non-hydrogen) atoms. The lowest BCUT2D eigenvalue weighted by Crippen LogP contribution is -2.30. The van der Waals surface area contributed by atoms with Gasteiger partial charge in [-0.05, 0) is 42.8 Å². The fourth-order valence-electron chi connectivity index (χ4n) is 2.15. The van der Waals surface area contributed by atoms with Gasteiger partial charge in [0.2, 0.25) is 0 Å². The molecule has 1 saturated heterocycles. The highest BCUT2D eigenvalue weighted by Crippen LogP contribution is 2.27. The molecule has 1 aliphatic rings. The molecule has 1 atom stereocenters. The van der Waals surface area contributed by atoms with Crippen molar-refractivity contribution in [1.29, 1.82) is 0 Å². The van der Waals surface area contributed by atoms with Gasteiger partial charge in [-0.1, -0.05) is 6.07 Å². The van der Waals surface area contributed by atoms with Gasteiger partial charge in [0, 0.05) is 11.8 Å². The summed E-state index contributed by atoms with van der Waals surface area (Å²) in [5.41, 5.74) is 1.28. The molecule has 1 aromatic carbocycles. The molecule has 3 nitrogen and oxygen atoms in total. The van der Waals surface area contributed by atoms with E-state index < -0.39 is 0 Å². The molecule has 0 unspecified atom stereocenters. The second-order valence-corrected chi connectivity index (χ2v) is 5.60. The minimum Gasteiger partial charge on any atom is -0.493 e. The molecule has 1 N–H and O–H groups in total. The average molecular weight is 267 g/mol. The third-order valence-corrected chi connectivity index (χ3v) is 4.39. The summed E-state index contributed by atoms with van der Waals surface area (Å²) < 4.78 is 10.5. The van der Waals surface area contributed by atoms with E-state index in [-0.39, 0.29) is 0 Å². The molecule has 1 aromatic rings. The van der Waals surface area contributed by atoms with Gasteiger partial charge in [0.05, 0.1) is 14.2 Å². The SMILES string of the molecule is COc1ccc(CCN[C@H]2CCSC2)cc1OC. The Balaban J connectivity index is 1.84. The number of thioether (sulfide) groups is 1. The Morgan fingerprint density at radius 3 is 2.78 bits per heavy atom. The fraction of sp³-hybridized carbons (Fsp3) is 0.571. The monoisotopic (exact) mass is 267 g/mol. The summed E-state index contributed by atoms with van der Waals surface area (Å²) >= 11 is 2.04. The number of nitrogens with one attached hydrogen (secondary N) is 1. The van der Waals surface area contributed by atoms with E-state index in [1.165, 1.54) is 23.5 Å². The first-order chi connectivity index (χ1) is 8.83. The van der Waals surface area contributed by atoms with E-state index in [0.29, 0.717) is 6.04 Å². The topological polar surface area (TPSA) is 30.5 Å². The molecule has 0 aliphatic carbocycles. The second kappa shape index (κ2) is 6.90. The van der Waals surface area contributed by atoms with Gasteiger partial charge in [-0.25, -0.2) is 0 Å². The summed E-state index contributed by atoms with van der Waals surface area (Å²) in [4.78, 5) is 0. The number of ether oxygens (including phenoxy) is 2. The lowest BCUT2D eigenvalue weighted by atomic mass is 10.1. The maximum Gasteiger partial charge on any atom is 0.160 e. The number of rotatable bonds is 6. The lowest BCUT2D eigenvalue weighted by molar-refractivity contribution is 0.354. The van der Waals surface area contributed by atoms with E-state index in [1.54, 1.807) is 14.2 Å². The minimum atomic E-state index is 0.704. The smallest absolute Gasteiger partial charge is 0.160 e. The highest BCUT2D eigenvalue weighted by Gasteiger charge is 2.14. The van der Waals surface area contributed by atoms with Gasteiger partial charge in [-0.15, -0.1) is 0 Å². The largest absolute Gasteiger partial charge is 0.493 e. The van der Waals surface area contributed by atoms with Gasteiger partial charge < -0.3 is 14.8 Å². The van der Waals surface area contributed by atoms with Crippen LogP contribution >= 0.6 is 11.8 Å². The van der Waals surface area contributed by atoms with Crippen LogP contribution in [0.2, 0.25) is 0 Å². The first-order valence-corrected chi connectivity index (χ1v) is 7.51. The van der Waals surface area contributed by atoms with E-state index in [1.807, 2.05) is 17.8 Å². The Bertz CT molecular complexity index is 378. The molecule has 0 aromatic heterocycles. The normalized spacial score (nSPS) is 18.9. The van der Waals surface area contributed by atoms with Crippen molar-refractivity contribution in [3.8, 4) is 11.5 Å². The van der Waals surface area contributed by atoms with Gasteiger partial charge in [0.1, 0.15) is 0 Å². The van der Waals surface area contributed by atoms with Crippen molar-refractivity contribution in [2.24, 2.45) is 0 Å². The van der Waals surface area contributed by atoms with Crippen LogP contribution in [0.4, 0.5) is 0 Å². The van der Waals surface area contributed by atoms with Crippen molar-refractivity contribution in [3.05, 3.63) is 23.8 Å². The molecule has 1 heterocycles. The Hall–Kier alpha value is -0.870. The maximum absolute atomic E-state index is 5.31. The summed E-state index contributed by atoms with van der Waals surface area (Å²) in [5, 5.41) is 3.60. The van der Waals surface area contributed by atoms with Crippen LogP contribution in [-0.4, -0.2) is 38.3 Å². The summed E-state index contributed by atoms with van der Waals surface area (Å²) in [6, 6.07) is 6.84. The van der Waals surface area contributed by atoms with E-state index in [4.69, 9.17) is 9.47 Å². The van der Waals surface area contributed by atoms with Gasteiger partial charge in [0.15, 0.2) is 11.5 Å². The quantitative estimate of drug-likeness (QED) is 0.857. The Morgan fingerprint density at radius 1 is 1.28 bits per heavy atom. The molecule has 1 fully saturated rings. The van der Waals surface area contributed by atoms with Crippen LogP contribution in [0.1, 0.15) is 12.0 Å². The van der Waals surface area contributed by atoms with Crippen molar-refractivity contribution in [3.63, 3.8) is 0 Å². The number of benzene rings is 1. The zero-order chi connectivity index (χ0) is 12.8. The van der Waals surface area contributed by atoms with Crippen LogP contribution < -0.4 is 14.8 Å². The van der Waals surface area contributed by atoms with Crippen LogP contribution in [0.5, 0.6) is 11.5 Å². The zero-order valence-electron chi connectivity index (χ0n) is 11.1. The molecule has 100 valence electrons. The lowest BCUT2D eigenvalue weighted by Gasteiger charge is -2.12. The molecule has 0 spiro atoms. The van der Waals surface area contributed by atoms with Crippen molar-refractivity contribution in [2.75, 3.05) is 32.3 Å². The molecular formula is C14H21NO2S. The third-order valence-electron chi connectivity index (χ3n) is 3.22. The fourth-order valence-corrected chi connectivity index (χ4v) is 3.34. The number of hydrogen-bond donors (Lipinski definition) is 1. The van der Waals surface area contributed by atoms with E-state index >= 15 is 0 Å². The summed E-state index contributed by atoms with van der Waals surface area (Å²) in [7, 11) is 3.34. The van der Waals surface area contributed by atoms with Gasteiger partial charge >= 0.3 is 0 Å². The Morgan fingerprint density at radius 2 is 2.11 bits per heavy atom. The molecule has 1 aliphatic heterocycles. The predicted octanol–water partition coefficient (Wildman–Crippen LogP) is 2.34. The maximum atomic E-state index is 5.31. The van der Waals surface area contributed by atoms with E-state index in [9.17, 15) is 0 Å². The predicted molar refractivity (Wildman–Crippen MR) is 77.0 cm³/mol. The Labute approximate surface area is 113 Å². The molecule has 0 radical (unpaired) electrons. The highest BCUT2D eigenvalue weighted by molar-refractivity contribution is 7.99. The van der Waals surface area contributed by atoms with Gasteiger partial charge in [0.25, 0.3) is 0 Å². The van der Waals surface area contributed by atoms with Crippen LogP contribution in [0.25, 0.3) is 0 Å².